The third kappa shape index (κ3) is 3.52. The van der Waals surface area contributed by atoms with Crippen molar-refractivity contribution in [2.45, 2.75) is 60.3 Å². The van der Waals surface area contributed by atoms with Crippen molar-refractivity contribution < 1.29 is 4.58 Å². The molecule has 3 aromatic carbocycles. The van der Waals surface area contributed by atoms with Crippen LogP contribution < -0.4 is 4.90 Å². The SMILES string of the molecule is C.C.Cc1ccc2c(c1)C(C)(C)C(=CC=CC1=[N+](C)c3c(ccc4ccccc34)C1(C)C)N2C. The third-order valence-corrected chi connectivity index (χ3v) is 7.61. The lowest BCUT2D eigenvalue weighted by atomic mass is 9.80. The number of allylic oxidation sites excluding steroid dienone is 4. The number of anilines is 1. The van der Waals surface area contributed by atoms with Crippen molar-refractivity contribution in [1.29, 1.82) is 0 Å². The fourth-order valence-corrected chi connectivity index (χ4v) is 5.80. The molecule has 0 spiro atoms. The van der Waals surface area contributed by atoms with E-state index in [1.165, 1.54) is 50.2 Å². The van der Waals surface area contributed by atoms with Gasteiger partial charge in [-0.25, -0.2) is 0 Å². The molecule has 0 unspecified atom stereocenters. The molecule has 2 heteroatoms. The van der Waals surface area contributed by atoms with E-state index in [1.54, 1.807) is 0 Å². The molecule has 0 bridgehead atoms. The summed E-state index contributed by atoms with van der Waals surface area (Å²) in [6.07, 6.45) is 6.85. The molecule has 2 aliphatic heterocycles. The van der Waals surface area contributed by atoms with E-state index in [2.05, 4.69) is 131 Å². The Morgan fingerprint density at radius 1 is 0.853 bits per heavy atom. The van der Waals surface area contributed by atoms with Crippen molar-refractivity contribution in [3.63, 3.8) is 0 Å². The van der Waals surface area contributed by atoms with Gasteiger partial charge in [0.15, 0.2) is 5.71 Å². The number of hydrogen-bond donors (Lipinski definition) is 0. The van der Waals surface area contributed by atoms with E-state index in [9.17, 15) is 0 Å². The van der Waals surface area contributed by atoms with Crippen LogP contribution in [0, 0.1) is 6.92 Å². The Hall–Kier alpha value is -3.13. The van der Waals surface area contributed by atoms with Crippen LogP contribution in [0.3, 0.4) is 0 Å². The average Bonchev–Trinajstić information content (AvgIpc) is 3.07. The number of nitrogens with zero attached hydrogens (tertiary/aromatic N) is 2. The lowest BCUT2D eigenvalue weighted by Gasteiger charge is -2.23. The van der Waals surface area contributed by atoms with Gasteiger partial charge in [-0.05, 0) is 49.9 Å². The smallest absolute Gasteiger partial charge is 0.217 e. The van der Waals surface area contributed by atoms with Gasteiger partial charge in [0.25, 0.3) is 0 Å². The van der Waals surface area contributed by atoms with Crippen LogP contribution in [0.4, 0.5) is 11.4 Å². The van der Waals surface area contributed by atoms with Gasteiger partial charge in [0.1, 0.15) is 7.05 Å². The number of likely N-dealkylation sites (N-methyl/N-ethyl adjacent to an activating group) is 1. The summed E-state index contributed by atoms with van der Waals surface area (Å²) < 4.78 is 2.38. The van der Waals surface area contributed by atoms with Crippen LogP contribution in [-0.2, 0) is 10.8 Å². The molecule has 0 radical (unpaired) electrons. The standard InChI is InChI=1S/C30H33N2.2CH4/c1-20-15-18-25-24(19-20)30(4,5)26(31(25)6)13-10-14-27-29(2,3)23-17-16-21-11-8-9-12-22(21)28(23)32(27)7;;/h8-19H,1-7H3;2*1H4/q+1;;. The molecular formula is C32H41N2+. The highest BCUT2D eigenvalue weighted by atomic mass is 15.2. The number of benzene rings is 3. The molecule has 5 rings (SSSR count). The van der Waals surface area contributed by atoms with E-state index in [4.69, 9.17) is 0 Å². The van der Waals surface area contributed by atoms with Gasteiger partial charge < -0.3 is 4.90 Å². The number of hydrogen-bond acceptors (Lipinski definition) is 1. The minimum absolute atomic E-state index is 0. The fraction of sp³-hybridized carbons (Fsp3) is 0.344. The van der Waals surface area contributed by atoms with Gasteiger partial charge >= 0.3 is 0 Å². The third-order valence-electron chi connectivity index (χ3n) is 7.61. The lowest BCUT2D eigenvalue weighted by molar-refractivity contribution is -0.399. The van der Waals surface area contributed by atoms with Crippen molar-refractivity contribution in [2.24, 2.45) is 0 Å². The Morgan fingerprint density at radius 3 is 2.29 bits per heavy atom. The van der Waals surface area contributed by atoms with E-state index in [-0.39, 0.29) is 25.7 Å². The Kier molecular flexibility index (Phi) is 6.43. The summed E-state index contributed by atoms with van der Waals surface area (Å²) in [4.78, 5) is 2.34. The van der Waals surface area contributed by atoms with Crippen molar-refractivity contribution in [1.82, 2.24) is 0 Å². The van der Waals surface area contributed by atoms with Crippen LogP contribution in [0.25, 0.3) is 10.8 Å². The normalized spacial score (nSPS) is 18.8. The van der Waals surface area contributed by atoms with Crippen LogP contribution in [-0.4, -0.2) is 24.4 Å². The molecule has 0 amide bonds. The molecule has 0 fully saturated rings. The van der Waals surface area contributed by atoms with Gasteiger partial charge in [-0.15, -0.1) is 0 Å². The van der Waals surface area contributed by atoms with Gasteiger partial charge in [0.2, 0.25) is 5.69 Å². The highest BCUT2D eigenvalue weighted by Crippen LogP contribution is 2.47. The molecule has 0 saturated heterocycles. The topological polar surface area (TPSA) is 6.25 Å². The zero-order valence-corrected chi connectivity index (χ0v) is 20.3. The first-order chi connectivity index (χ1) is 15.1. The molecule has 178 valence electrons. The summed E-state index contributed by atoms with van der Waals surface area (Å²) >= 11 is 0. The molecule has 2 heterocycles. The first-order valence-corrected chi connectivity index (χ1v) is 11.5. The number of rotatable bonds is 2. The molecule has 0 aliphatic carbocycles. The summed E-state index contributed by atoms with van der Waals surface area (Å²) in [6, 6.07) is 20.0. The first-order valence-electron chi connectivity index (χ1n) is 11.5. The van der Waals surface area contributed by atoms with Crippen LogP contribution in [0.2, 0.25) is 0 Å². The van der Waals surface area contributed by atoms with Crippen molar-refractivity contribution >= 4 is 27.9 Å². The van der Waals surface area contributed by atoms with Gasteiger partial charge in [-0.2, -0.15) is 4.58 Å². The molecule has 0 saturated carbocycles. The van der Waals surface area contributed by atoms with Crippen molar-refractivity contribution in [2.75, 3.05) is 19.0 Å². The Labute approximate surface area is 206 Å². The Bertz CT molecular complexity index is 1350. The Morgan fingerprint density at radius 2 is 1.56 bits per heavy atom. The summed E-state index contributed by atoms with van der Waals surface area (Å²) in [5.74, 6) is 0. The summed E-state index contributed by atoms with van der Waals surface area (Å²) in [5.41, 5.74) is 9.37. The first kappa shape index (κ1) is 25.5. The van der Waals surface area contributed by atoms with Gasteiger partial charge in [-0.1, -0.05) is 82.8 Å². The van der Waals surface area contributed by atoms with Crippen LogP contribution in [0.1, 0.15) is 59.2 Å². The average molecular weight is 454 g/mol. The van der Waals surface area contributed by atoms with Crippen LogP contribution >= 0.6 is 0 Å². The zero-order chi connectivity index (χ0) is 22.8. The quantitative estimate of drug-likeness (QED) is 0.354. The van der Waals surface area contributed by atoms with Crippen molar-refractivity contribution in [3.8, 4) is 0 Å². The molecule has 0 N–H and O–H groups in total. The van der Waals surface area contributed by atoms with Crippen LogP contribution in [0.5, 0.6) is 0 Å². The van der Waals surface area contributed by atoms with E-state index in [0.717, 1.165) is 0 Å². The van der Waals surface area contributed by atoms with E-state index >= 15 is 0 Å². The second-order valence-electron chi connectivity index (χ2n) is 10.4. The lowest BCUT2D eigenvalue weighted by Crippen LogP contribution is -2.26. The maximum Gasteiger partial charge on any atom is 0.217 e. The zero-order valence-electron chi connectivity index (χ0n) is 20.3. The second kappa shape index (κ2) is 8.58. The minimum atomic E-state index is -0.0414. The van der Waals surface area contributed by atoms with Gasteiger partial charge in [-0.3, -0.25) is 0 Å². The molecular weight excluding hydrogens is 412 g/mol. The fourth-order valence-electron chi connectivity index (χ4n) is 5.80. The highest BCUT2D eigenvalue weighted by molar-refractivity contribution is 6.07. The monoisotopic (exact) mass is 453 g/mol. The van der Waals surface area contributed by atoms with Crippen LogP contribution in [0.15, 0.2) is 78.5 Å². The largest absolute Gasteiger partial charge is 0.347 e. The van der Waals surface area contributed by atoms with E-state index in [0.29, 0.717) is 0 Å². The summed E-state index contributed by atoms with van der Waals surface area (Å²) in [7, 11) is 4.39. The maximum atomic E-state index is 2.38. The minimum Gasteiger partial charge on any atom is -0.347 e. The summed E-state index contributed by atoms with van der Waals surface area (Å²) in [5, 5.41) is 2.62. The molecule has 3 aromatic rings. The Balaban J connectivity index is 0.00000162. The molecule has 0 atom stereocenters. The van der Waals surface area contributed by atoms with Gasteiger partial charge in [0, 0.05) is 35.5 Å². The molecule has 0 aromatic heterocycles. The number of aryl methyl sites for hydroxylation is 1. The molecule has 34 heavy (non-hydrogen) atoms. The summed E-state index contributed by atoms with van der Waals surface area (Å²) in [6.45, 7) is 11.5. The van der Waals surface area contributed by atoms with E-state index in [1.807, 2.05) is 0 Å². The maximum absolute atomic E-state index is 2.38. The van der Waals surface area contributed by atoms with E-state index < -0.39 is 0 Å². The molecule has 2 aliphatic rings. The highest BCUT2D eigenvalue weighted by Gasteiger charge is 2.44. The predicted molar refractivity (Wildman–Crippen MR) is 151 cm³/mol. The number of fused-ring (bicyclic) bond motifs is 4. The second-order valence-corrected chi connectivity index (χ2v) is 10.4. The van der Waals surface area contributed by atoms with Crippen molar-refractivity contribution in [3.05, 3.63) is 95.2 Å². The molecule has 2 nitrogen and oxygen atoms in total. The predicted octanol–water partition coefficient (Wildman–Crippen LogP) is 8.29. The van der Waals surface area contributed by atoms with Gasteiger partial charge in [0.05, 0.1) is 10.8 Å².